The Labute approximate surface area is 124 Å². The third kappa shape index (κ3) is 4.61. The second-order valence-electron chi connectivity index (χ2n) is 4.78. The van der Waals surface area contributed by atoms with Crippen molar-refractivity contribution >= 4 is 5.97 Å². The Morgan fingerprint density at radius 3 is 2.81 bits per heavy atom. The molecule has 0 aromatic heterocycles. The fourth-order valence-electron chi connectivity index (χ4n) is 2.14. The third-order valence-corrected chi connectivity index (χ3v) is 3.31. The number of nitrogens with zero attached hydrogens (tertiary/aromatic N) is 1. The highest BCUT2D eigenvalue weighted by atomic mass is 16.7. The Bertz CT molecular complexity index is 477. The van der Waals surface area contributed by atoms with Gasteiger partial charge in [-0.05, 0) is 17.7 Å². The molecule has 0 spiro atoms. The van der Waals surface area contributed by atoms with Crippen molar-refractivity contribution < 1.29 is 23.7 Å². The van der Waals surface area contributed by atoms with Gasteiger partial charge < -0.3 is 18.9 Å². The molecule has 0 amide bonds. The quantitative estimate of drug-likeness (QED) is 0.676. The summed E-state index contributed by atoms with van der Waals surface area (Å²) in [5, 5.41) is 0. The van der Waals surface area contributed by atoms with Gasteiger partial charge in [0.1, 0.15) is 0 Å². The molecule has 6 nitrogen and oxygen atoms in total. The lowest BCUT2D eigenvalue weighted by atomic mass is 10.2. The second-order valence-corrected chi connectivity index (χ2v) is 4.78. The summed E-state index contributed by atoms with van der Waals surface area (Å²) >= 11 is 0. The van der Waals surface area contributed by atoms with Crippen LogP contribution in [0.2, 0.25) is 0 Å². The average molecular weight is 295 g/mol. The number of hydrogen-bond donors (Lipinski definition) is 0. The highest BCUT2D eigenvalue weighted by molar-refractivity contribution is 5.69. The van der Waals surface area contributed by atoms with Crippen LogP contribution < -0.4 is 9.47 Å². The van der Waals surface area contributed by atoms with Crippen LogP contribution in [0.3, 0.4) is 0 Å². The normalized spacial score (nSPS) is 12.7. The minimum atomic E-state index is -0.205. The second kappa shape index (κ2) is 7.85. The summed E-state index contributed by atoms with van der Waals surface area (Å²) in [5.41, 5.74) is 1.11. The van der Waals surface area contributed by atoms with E-state index in [-0.39, 0.29) is 12.8 Å². The molecule has 2 rings (SSSR count). The average Bonchev–Trinajstić information content (AvgIpc) is 2.97. The first kappa shape index (κ1) is 15.6. The summed E-state index contributed by atoms with van der Waals surface area (Å²) in [5.74, 6) is 1.34. The van der Waals surface area contributed by atoms with Gasteiger partial charge in [-0.2, -0.15) is 0 Å². The molecule has 1 aliphatic rings. The monoisotopic (exact) mass is 295 g/mol. The van der Waals surface area contributed by atoms with Crippen molar-refractivity contribution in [2.75, 3.05) is 40.7 Å². The predicted octanol–water partition coefficient (Wildman–Crippen LogP) is 1.43. The Morgan fingerprint density at radius 2 is 2.05 bits per heavy atom. The molecular formula is C15H21NO5. The molecule has 0 saturated heterocycles. The number of carbonyl (C=O) groups is 1. The van der Waals surface area contributed by atoms with Crippen LogP contribution in [0, 0.1) is 0 Å². The molecule has 0 fully saturated rings. The smallest absolute Gasteiger partial charge is 0.306 e. The highest BCUT2D eigenvalue weighted by Crippen LogP contribution is 2.32. The number of carbonyl (C=O) groups excluding carboxylic acids is 1. The van der Waals surface area contributed by atoms with Crippen LogP contribution in [0.15, 0.2) is 18.2 Å². The number of rotatable bonds is 8. The molecule has 1 aliphatic heterocycles. The summed E-state index contributed by atoms with van der Waals surface area (Å²) in [6.45, 7) is 2.99. The lowest BCUT2D eigenvalue weighted by molar-refractivity contribution is -0.141. The van der Waals surface area contributed by atoms with Gasteiger partial charge in [0.25, 0.3) is 0 Å². The van der Waals surface area contributed by atoms with E-state index in [9.17, 15) is 4.79 Å². The Morgan fingerprint density at radius 1 is 1.24 bits per heavy atom. The molecule has 0 bridgehead atoms. The number of esters is 1. The van der Waals surface area contributed by atoms with Gasteiger partial charge in [0.15, 0.2) is 11.5 Å². The summed E-state index contributed by atoms with van der Waals surface area (Å²) < 4.78 is 20.5. The van der Waals surface area contributed by atoms with E-state index in [1.54, 1.807) is 7.11 Å². The van der Waals surface area contributed by atoms with Gasteiger partial charge in [0.05, 0.1) is 20.1 Å². The van der Waals surface area contributed by atoms with E-state index in [4.69, 9.17) is 14.2 Å². The van der Waals surface area contributed by atoms with Crippen molar-refractivity contribution in [3.05, 3.63) is 23.8 Å². The van der Waals surface area contributed by atoms with E-state index in [0.717, 1.165) is 30.2 Å². The topological polar surface area (TPSA) is 57.2 Å². The van der Waals surface area contributed by atoms with Gasteiger partial charge in [0, 0.05) is 26.7 Å². The van der Waals surface area contributed by atoms with E-state index < -0.39 is 0 Å². The standard InChI is InChI=1S/C15H21NO5/c1-18-8-7-16(6-5-15(17)19-2)10-12-3-4-13-14(9-12)21-11-20-13/h3-4,9H,5-8,10-11H2,1-2H3. The Kier molecular flexibility index (Phi) is 5.83. The zero-order chi connectivity index (χ0) is 15.1. The molecule has 1 aromatic carbocycles. The van der Waals surface area contributed by atoms with E-state index in [1.807, 2.05) is 18.2 Å². The Balaban J connectivity index is 1.94. The summed E-state index contributed by atoms with van der Waals surface area (Å²) in [6, 6.07) is 5.89. The van der Waals surface area contributed by atoms with Crippen LogP contribution in [-0.2, 0) is 20.8 Å². The van der Waals surface area contributed by atoms with Crippen molar-refractivity contribution in [3.8, 4) is 11.5 Å². The van der Waals surface area contributed by atoms with E-state index in [0.29, 0.717) is 19.6 Å². The summed E-state index contributed by atoms with van der Waals surface area (Å²) in [4.78, 5) is 13.4. The van der Waals surface area contributed by atoms with Gasteiger partial charge in [0.2, 0.25) is 6.79 Å². The zero-order valence-corrected chi connectivity index (χ0v) is 12.5. The molecular weight excluding hydrogens is 274 g/mol. The van der Waals surface area contributed by atoms with Crippen molar-refractivity contribution in [1.29, 1.82) is 0 Å². The SMILES string of the molecule is COCCN(CCC(=O)OC)Cc1ccc2c(c1)OCO2. The van der Waals surface area contributed by atoms with Crippen LogP contribution in [-0.4, -0.2) is 51.6 Å². The van der Waals surface area contributed by atoms with Crippen molar-refractivity contribution in [2.45, 2.75) is 13.0 Å². The van der Waals surface area contributed by atoms with Crippen LogP contribution in [0.1, 0.15) is 12.0 Å². The van der Waals surface area contributed by atoms with E-state index in [2.05, 4.69) is 9.64 Å². The van der Waals surface area contributed by atoms with E-state index >= 15 is 0 Å². The number of ether oxygens (including phenoxy) is 4. The van der Waals surface area contributed by atoms with Gasteiger partial charge in [-0.25, -0.2) is 0 Å². The van der Waals surface area contributed by atoms with Gasteiger partial charge in [-0.3, -0.25) is 9.69 Å². The minimum absolute atomic E-state index is 0.205. The molecule has 0 N–H and O–H groups in total. The van der Waals surface area contributed by atoms with E-state index in [1.165, 1.54) is 7.11 Å². The maximum atomic E-state index is 11.3. The van der Waals surface area contributed by atoms with Crippen molar-refractivity contribution in [1.82, 2.24) is 4.90 Å². The third-order valence-electron chi connectivity index (χ3n) is 3.31. The molecule has 1 aromatic rings. The number of fused-ring (bicyclic) bond motifs is 1. The number of benzene rings is 1. The Hall–Kier alpha value is -1.79. The largest absolute Gasteiger partial charge is 0.469 e. The fraction of sp³-hybridized carbons (Fsp3) is 0.533. The van der Waals surface area contributed by atoms with Crippen LogP contribution >= 0.6 is 0 Å². The molecule has 6 heteroatoms. The molecule has 0 saturated carbocycles. The molecule has 0 atom stereocenters. The summed E-state index contributed by atoms with van der Waals surface area (Å²) in [7, 11) is 3.07. The molecule has 0 radical (unpaired) electrons. The minimum Gasteiger partial charge on any atom is -0.469 e. The first-order valence-electron chi connectivity index (χ1n) is 6.89. The van der Waals surface area contributed by atoms with Gasteiger partial charge in [-0.15, -0.1) is 0 Å². The molecule has 0 aliphatic carbocycles. The maximum Gasteiger partial charge on any atom is 0.306 e. The van der Waals surface area contributed by atoms with Crippen LogP contribution in [0.5, 0.6) is 11.5 Å². The molecule has 1 heterocycles. The number of methoxy groups -OCH3 is 2. The molecule has 0 unspecified atom stereocenters. The van der Waals surface area contributed by atoms with Crippen LogP contribution in [0.4, 0.5) is 0 Å². The van der Waals surface area contributed by atoms with Gasteiger partial charge >= 0.3 is 5.97 Å². The predicted molar refractivity (Wildman–Crippen MR) is 76.4 cm³/mol. The molecule has 21 heavy (non-hydrogen) atoms. The molecule has 116 valence electrons. The first-order chi connectivity index (χ1) is 10.2. The lowest BCUT2D eigenvalue weighted by Crippen LogP contribution is -2.29. The first-order valence-corrected chi connectivity index (χ1v) is 6.89. The van der Waals surface area contributed by atoms with Crippen molar-refractivity contribution in [2.24, 2.45) is 0 Å². The van der Waals surface area contributed by atoms with Crippen molar-refractivity contribution in [3.63, 3.8) is 0 Å². The number of hydrogen-bond acceptors (Lipinski definition) is 6. The fourth-order valence-corrected chi connectivity index (χ4v) is 2.14. The van der Waals surface area contributed by atoms with Gasteiger partial charge in [-0.1, -0.05) is 6.07 Å². The summed E-state index contributed by atoms with van der Waals surface area (Å²) in [6.07, 6.45) is 0.366. The van der Waals surface area contributed by atoms with Crippen LogP contribution in [0.25, 0.3) is 0 Å². The lowest BCUT2D eigenvalue weighted by Gasteiger charge is -2.21. The highest BCUT2D eigenvalue weighted by Gasteiger charge is 2.15. The zero-order valence-electron chi connectivity index (χ0n) is 12.5. The maximum absolute atomic E-state index is 11.3.